The highest BCUT2D eigenvalue weighted by molar-refractivity contribution is 6.34. The molecule has 0 aliphatic rings. The SMILES string of the molecule is Cc1cc(C)c(NC(=O)CNC(=O)Cc2ccc(Cl)cc2)c(Cl)c1. The fraction of sp³-hybridized carbons (Fsp3) is 0.222. The topological polar surface area (TPSA) is 58.2 Å². The third kappa shape index (κ3) is 5.25. The van der Waals surface area contributed by atoms with Crippen LogP contribution in [0.1, 0.15) is 16.7 Å². The number of amides is 2. The molecule has 2 amide bonds. The Hall–Kier alpha value is -2.04. The number of rotatable bonds is 5. The van der Waals surface area contributed by atoms with Gasteiger partial charge < -0.3 is 10.6 Å². The first-order valence-electron chi connectivity index (χ1n) is 7.43. The van der Waals surface area contributed by atoms with Gasteiger partial charge in [0, 0.05) is 5.02 Å². The van der Waals surface area contributed by atoms with E-state index in [0.29, 0.717) is 15.7 Å². The van der Waals surface area contributed by atoms with Crippen molar-refractivity contribution < 1.29 is 9.59 Å². The highest BCUT2D eigenvalue weighted by Crippen LogP contribution is 2.27. The molecule has 0 aliphatic carbocycles. The standard InChI is InChI=1S/C18H18Cl2N2O2/c1-11-7-12(2)18(15(20)8-11)22-17(24)10-21-16(23)9-13-3-5-14(19)6-4-13/h3-8H,9-10H2,1-2H3,(H,21,23)(H,22,24). The van der Waals surface area contributed by atoms with Crippen molar-refractivity contribution in [3.05, 3.63) is 63.1 Å². The predicted molar refractivity (Wildman–Crippen MR) is 97.7 cm³/mol. The normalized spacial score (nSPS) is 10.3. The van der Waals surface area contributed by atoms with Crippen molar-refractivity contribution in [3.8, 4) is 0 Å². The van der Waals surface area contributed by atoms with Crippen molar-refractivity contribution in [3.63, 3.8) is 0 Å². The van der Waals surface area contributed by atoms with Gasteiger partial charge in [-0.05, 0) is 48.7 Å². The van der Waals surface area contributed by atoms with Crippen molar-refractivity contribution in [1.82, 2.24) is 5.32 Å². The van der Waals surface area contributed by atoms with Gasteiger partial charge in [0.15, 0.2) is 0 Å². The molecule has 6 heteroatoms. The van der Waals surface area contributed by atoms with E-state index in [1.165, 1.54) is 0 Å². The monoisotopic (exact) mass is 364 g/mol. The molecule has 0 heterocycles. The van der Waals surface area contributed by atoms with Crippen LogP contribution in [0.25, 0.3) is 0 Å². The highest BCUT2D eigenvalue weighted by Gasteiger charge is 2.11. The van der Waals surface area contributed by atoms with Crippen LogP contribution >= 0.6 is 23.2 Å². The minimum absolute atomic E-state index is 0.115. The number of halogens is 2. The molecule has 0 saturated carbocycles. The fourth-order valence-electron chi connectivity index (χ4n) is 2.29. The molecular weight excluding hydrogens is 347 g/mol. The van der Waals surface area contributed by atoms with Gasteiger partial charge >= 0.3 is 0 Å². The molecule has 2 aromatic rings. The Morgan fingerprint density at radius 2 is 1.67 bits per heavy atom. The van der Waals surface area contributed by atoms with E-state index in [4.69, 9.17) is 23.2 Å². The summed E-state index contributed by atoms with van der Waals surface area (Å²) in [7, 11) is 0. The lowest BCUT2D eigenvalue weighted by Crippen LogP contribution is -2.34. The lowest BCUT2D eigenvalue weighted by Gasteiger charge is -2.12. The maximum absolute atomic E-state index is 12.0. The molecule has 4 nitrogen and oxygen atoms in total. The second-order valence-electron chi connectivity index (χ2n) is 5.57. The summed E-state index contributed by atoms with van der Waals surface area (Å²) in [5.74, 6) is -0.562. The van der Waals surface area contributed by atoms with Crippen molar-refractivity contribution in [2.24, 2.45) is 0 Å². The van der Waals surface area contributed by atoms with E-state index in [2.05, 4.69) is 10.6 Å². The number of hydrogen-bond donors (Lipinski definition) is 2. The molecule has 126 valence electrons. The summed E-state index contributed by atoms with van der Waals surface area (Å²) in [6, 6.07) is 10.7. The Kier molecular flexibility index (Phi) is 6.23. The van der Waals surface area contributed by atoms with Gasteiger partial charge in [-0.1, -0.05) is 41.4 Å². The number of aryl methyl sites for hydroxylation is 2. The van der Waals surface area contributed by atoms with Crippen LogP contribution in [-0.4, -0.2) is 18.4 Å². The van der Waals surface area contributed by atoms with E-state index in [-0.39, 0.29) is 24.8 Å². The largest absolute Gasteiger partial charge is 0.347 e. The quantitative estimate of drug-likeness (QED) is 0.844. The van der Waals surface area contributed by atoms with E-state index in [1.54, 1.807) is 30.3 Å². The first-order valence-corrected chi connectivity index (χ1v) is 8.18. The fourth-order valence-corrected chi connectivity index (χ4v) is 2.78. The van der Waals surface area contributed by atoms with Crippen LogP contribution in [0.2, 0.25) is 10.0 Å². The van der Waals surface area contributed by atoms with Crippen LogP contribution in [0.15, 0.2) is 36.4 Å². The Balaban J connectivity index is 1.87. The first-order chi connectivity index (χ1) is 11.3. The summed E-state index contributed by atoms with van der Waals surface area (Å²) >= 11 is 11.9. The van der Waals surface area contributed by atoms with Gasteiger partial charge in [0.1, 0.15) is 0 Å². The van der Waals surface area contributed by atoms with Gasteiger partial charge in [-0.15, -0.1) is 0 Å². The molecule has 0 radical (unpaired) electrons. The van der Waals surface area contributed by atoms with Gasteiger partial charge in [0.05, 0.1) is 23.7 Å². The molecule has 0 atom stereocenters. The van der Waals surface area contributed by atoms with Crippen molar-refractivity contribution in [2.45, 2.75) is 20.3 Å². The van der Waals surface area contributed by atoms with E-state index in [1.807, 2.05) is 19.9 Å². The maximum atomic E-state index is 12.0. The minimum atomic E-state index is -0.326. The summed E-state index contributed by atoms with van der Waals surface area (Å²) < 4.78 is 0. The van der Waals surface area contributed by atoms with Crippen molar-refractivity contribution in [1.29, 1.82) is 0 Å². The summed E-state index contributed by atoms with van der Waals surface area (Å²) in [5, 5.41) is 6.41. The highest BCUT2D eigenvalue weighted by atomic mass is 35.5. The molecule has 0 aromatic heterocycles. The van der Waals surface area contributed by atoms with Crippen LogP contribution in [-0.2, 0) is 16.0 Å². The van der Waals surface area contributed by atoms with Gasteiger partial charge in [0.25, 0.3) is 0 Å². The molecule has 0 aliphatic heterocycles. The van der Waals surface area contributed by atoms with E-state index in [9.17, 15) is 9.59 Å². The third-order valence-electron chi connectivity index (χ3n) is 3.42. The van der Waals surface area contributed by atoms with Gasteiger partial charge in [0.2, 0.25) is 11.8 Å². The van der Waals surface area contributed by atoms with Gasteiger partial charge in [-0.25, -0.2) is 0 Å². The summed E-state index contributed by atoms with van der Waals surface area (Å²) in [6.45, 7) is 3.69. The molecule has 0 spiro atoms. The van der Waals surface area contributed by atoms with Crippen molar-refractivity contribution in [2.75, 3.05) is 11.9 Å². The molecule has 24 heavy (non-hydrogen) atoms. The average molecular weight is 365 g/mol. The summed E-state index contributed by atoms with van der Waals surface area (Å²) in [4.78, 5) is 23.9. The number of hydrogen-bond acceptors (Lipinski definition) is 2. The Bertz CT molecular complexity index is 735. The van der Waals surface area contributed by atoms with Crippen LogP contribution < -0.4 is 10.6 Å². The summed E-state index contributed by atoms with van der Waals surface area (Å²) in [5.41, 5.74) is 3.29. The van der Waals surface area contributed by atoms with E-state index in [0.717, 1.165) is 16.7 Å². The molecular formula is C18H18Cl2N2O2. The van der Waals surface area contributed by atoms with Crippen LogP contribution in [0.3, 0.4) is 0 Å². The smallest absolute Gasteiger partial charge is 0.243 e. The Morgan fingerprint density at radius 1 is 1.00 bits per heavy atom. The van der Waals surface area contributed by atoms with E-state index >= 15 is 0 Å². The van der Waals surface area contributed by atoms with Gasteiger partial charge in [-0.2, -0.15) is 0 Å². The number of carbonyl (C=O) groups excluding carboxylic acids is 2. The van der Waals surface area contributed by atoms with Crippen LogP contribution in [0.5, 0.6) is 0 Å². The van der Waals surface area contributed by atoms with Crippen molar-refractivity contribution >= 4 is 40.7 Å². The zero-order valence-corrected chi connectivity index (χ0v) is 15.0. The van der Waals surface area contributed by atoms with E-state index < -0.39 is 0 Å². The molecule has 0 bridgehead atoms. The van der Waals surface area contributed by atoms with Gasteiger partial charge in [-0.3, -0.25) is 9.59 Å². The number of carbonyl (C=O) groups is 2. The molecule has 0 saturated heterocycles. The van der Waals surface area contributed by atoms with Crippen LogP contribution in [0.4, 0.5) is 5.69 Å². The number of benzene rings is 2. The molecule has 2 aromatic carbocycles. The Morgan fingerprint density at radius 3 is 2.29 bits per heavy atom. The average Bonchev–Trinajstić information content (AvgIpc) is 2.51. The molecule has 0 fully saturated rings. The second-order valence-corrected chi connectivity index (χ2v) is 6.41. The third-order valence-corrected chi connectivity index (χ3v) is 3.97. The summed E-state index contributed by atoms with van der Waals surface area (Å²) in [6.07, 6.45) is 0.189. The lowest BCUT2D eigenvalue weighted by molar-refractivity contribution is -0.123. The zero-order valence-electron chi connectivity index (χ0n) is 13.5. The second kappa shape index (κ2) is 8.18. The molecule has 2 N–H and O–H groups in total. The predicted octanol–water partition coefficient (Wildman–Crippen LogP) is 3.91. The minimum Gasteiger partial charge on any atom is -0.347 e. The molecule has 2 rings (SSSR count). The zero-order chi connectivity index (χ0) is 17.7. The van der Waals surface area contributed by atoms with Crippen LogP contribution in [0, 0.1) is 13.8 Å². The lowest BCUT2D eigenvalue weighted by atomic mass is 10.1. The first kappa shape index (κ1) is 18.3. The molecule has 0 unspecified atom stereocenters. The number of anilines is 1. The Labute approximate surface area is 151 Å². The maximum Gasteiger partial charge on any atom is 0.243 e. The number of nitrogens with one attached hydrogen (secondary N) is 2.